The highest BCUT2D eigenvalue weighted by molar-refractivity contribution is 9.10. The molecule has 2 nitrogen and oxygen atoms in total. The van der Waals surface area contributed by atoms with Crippen LogP contribution in [0, 0.1) is 17.3 Å². The van der Waals surface area contributed by atoms with E-state index in [-0.39, 0.29) is 16.6 Å². The van der Waals surface area contributed by atoms with Crippen molar-refractivity contribution in [2.45, 2.75) is 59.0 Å². The first-order chi connectivity index (χ1) is 13.0. The van der Waals surface area contributed by atoms with Crippen LogP contribution in [-0.4, -0.2) is 16.3 Å². The number of hydrogen-bond acceptors (Lipinski definition) is 2. The van der Waals surface area contributed by atoms with E-state index in [0.717, 1.165) is 24.0 Å². The Bertz CT molecular complexity index is 899. The van der Waals surface area contributed by atoms with Crippen molar-refractivity contribution in [3.05, 3.63) is 62.6 Å². The molecule has 0 spiro atoms. The largest absolute Gasteiger partial charge is 0.507 e. The highest BCUT2D eigenvalue weighted by Gasteiger charge is 2.31. The van der Waals surface area contributed by atoms with E-state index in [4.69, 9.17) is 11.6 Å². The van der Waals surface area contributed by atoms with Gasteiger partial charge in [-0.05, 0) is 69.6 Å². The van der Waals surface area contributed by atoms with Crippen LogP contribution in [0.1, 0.15) is 64.2 Å². The molecule has 4 heteroatoms. The van der Waals surface area contributed by atoms with E-state index in [0.29, 0.717) is 15.1 Å². The number of rotatable bonds is 4. The number of aliphatic hydroxyl groups is 1. The lowest BCUT2D eigenvalue weighted by Crippen LogP contribution is -2.26. The number of hydrogen-bond donors (Lipinski definition) is 2. The van der Waals surface area contributed by atoms with Crippen LogP contribution in [0.3, 0.4) is 0 Å². The molecule has 0 aliphatic carbocycles. The predicted octanol–water partition coefficient (Wildman–Crippen LogP) is 6.67. The molecule has 2 rings (SSSR count). The minimum Gasteiger partial charge on any atom is -0.507 e. The summed E-state index contributed by atoms with van der Waals surface area (Å²) in [5.41, 5.74) is 2.44. The van der Waals surface area contributed by atoms with Gasteiger partial charge >= 0.3 is 0 Å². The molecule has 0 heterocycles. The fourth-order valence-corrected chi connectivity index (χ4v) is 3.92. The lowest BCUT2D eigenvalue weighted by Gasteiger charge is -2.33. The van der Waals surface area contributed by atoms with Gasteiger partial charge in [0.05, 0.1) is 9.50 Å². The molecule has 0 saturated carbocycles. The van der Waals surface area contributed by atoms with Gasteiger partial charge in [-0.3, -0.25) is 0 Å². The van der Waals surface area contributed by atoms with Crippen molar-refractivity contribution in [1.29, 1.82) is 0 Å². The number of phenolic OH excluding ortho intramolecular Hbond substituents is 1. The highest BCUT2D eigenvalue weighted by Crippen LogP contribution is 2.42. The zero-order valence-electron chi connectivity index (χ0n) is 17.1. The summed E-state index contributed by atoms with van der Waals surface area (Å²) in [6.07, 6.45) is 1.07. The molecular weight excluding hydrogens is 436 g/mol. The Morgan fingerprint density at radius 1 is 1.04 bits per heavy atom. The van der Waals surface area contributed by atoms with Crippen LogP contribution in [0.15, 0.2) is 40.9 Å². The van der Waals surface area contributed by atoms with Gasteiger partial charge in [0.2, 0.25) is 0 Å². The summed E-state index contributed by atoms with van der Waals surface area (Å²) in [6.45, 7) is 10.2. The average molecular weight is 464 g/mol. The average Bonchev–Trinajstić information content (AvgIpc) is 2.64. The van der Waals surface area contributed by atoms with Gasteiger partial charge < -0.3 is 10.2 Å². The van der Waals surface area contributed by atoms with E-state index in [9.17, 15) is 10.2 Å². The molecule has 0 aromatic heterocycles. The fraction of sp³-hybridized carbons (Fsp3) is 0.417. The van der Waals surface area contributed by atoms with E-state index in [2.05, 4.69) is 47.7 Å². The van der Waals surface area contributed by atoms with Crippen molar-refractivity contribution < 1.29 is 10.2 Å². The number of halogens is 2. The summed E-state index contributed by atoms with van der Waals surface area (Å²) in [4.78, 5) is 0. The number of aliphatic hydroxyl groups excluding tert-OH is 1. The topological polar surface area (TPSA) is 40.5 Å². The Kier molecular flexibility index (Phi) is 7.26. The Morgan fingerprint density at radius 2 is 1.61 bits per heavy atom. The molecular formula is C24H28BrClO2. The minimum atomic E-state index is -0.719. The van der Waals surface area contributed by atoms with Crippen LogP contribution >= 0.6 is 27.5 Å². The van der Waals surface area contributed by atoms with Gasteiger partial charge in [-0.25, -0.2) is 0 Å². The Morgan fingerprint density at radius 3 is 2.11 bits per heavy atom. The van der Waals surface area contributed by atoms with Gasteiger partial charge in [-0.15, -0.1) is 0 Å². The molecule has 2 aromatic carbocycles. The quantitative estimate of drug-likeness (QED) is 0.497. The molecule has 0 aliphatic rings. The first-order valence-electron chi connectivity index (χ1n) is 9.53. The predicted molar refractivity (Wildman–Crippen MR) is 121 cm³/mol. The van der Waals surface area contributed by atoms with Crippen LogP contribution in [0.4, 0.5) is 0 Å². The summed E-state index contributed by atoms with van der Waals surface area (Å²) in [7, 11) is 0. The third kappa shape index (κ3) is 4.74. The van der Waals surface area contributed by atoms with E-state index >= 15 is 0 Å². The molecule has 1 unspecified atom stereocenters. The van der Waals surface area contributed by atoms with Crippen molar-refractivity contribution in [2.24, 2.45) is 5.41 Å². The van der Waals surface area contributed by atoms with Crippen molar-refractivity contribution in [2.75, 3.05) is 0 Å². The summed E-state index contributed by atoms with van der Waals surface area (Å²) in [6, 6.07) is 11.6. The van der Waals surface area contributed by atoms with E-state index in [1.165, 1.54) is 0 Å². The maximum Gasteiger partial charge on any atom is 0.129 e. The minimum absolute atomic E-state index is 0.212. The van der Waals surface area contributed by atoms with Gasteiger partial charge in [0.25, 0.3) is 0 Å². The smallest absolute Gasteiger partial charge is 0.129 e. The third-order valence-corrected chi connectivity index (χ3v) is 6.34. The molecule has 0 saturated heterocycles. The van der Waals surface area contributed by atoms with Gasteiger partial charge in [0.1, 0.15) is 11.9 Å². The van der Waals surface area contributed by atoms with Crippen molar-refractivity contribution in [3.8, 4) is 17.6 Å². The van der Waals surface area contributed by atoms with Crippen LogP contribution in [0.25, 0.3) is 0 Å². The molecule has 0 radical (unpaired) electrons. The first-order valence-corrected chi connectivity index (χ1v) is 10.7. The van der Waals surface area contributed by atoms with E-state index in [1.54, 1.807) is 6.07 Å². The van der Waals surface area contributed by atoms with Crippen LogP contribution in [0.2, 0.25) is 5.02 Å². The number of aromatic hydroxyl groups is 1. The van der Waals surface area contributed by atoms with E-state index in [1.807, 2.05) is 45.0 Å². The molecule has 1 atom stereocenters. The Hall–Kier alpha value is -1.47. The summed E-state index contributed by atoms with van der Waals surface area (Å²) >= 11 is 9.99. The zero-order valence-corrected chi connectivity index (χ0v) is 19.4. The SMILES string of the molecule is CCC(CC)(c1ccc(C#CC(O)C(C)(C)C)c(Cl)c1)c1ccc(O)c(Br)c1. The molecule has 2 N–H and O–H groups in total. The first kappa shape index (κ1) is 22.8. The van der Waals surface area contributed by atoms with Crippen LogP contribution in [0.5, 0.6) is 5.75 Å². The van der Waals surface area contributed by atoms with Crippen molar-refractivity contribution >= 4 is 27.5 Å². The number of phenols is 1. The maximum absolute atomic E-state index is 10.2. The van der Waals surface area contributed by atoms with Gasteiger partial charge in [-0.1, -0.05) is 70.2 Å². The molecule has 28 heavy (non-hydrogen) atoms. The standard InChI is InChI=1S/C24H28BrClO2/c1-6-24(7-2,17-11-12-21(27)19(25)14-17)18-10-8-16(20(26)15-18)9-13-22(28)23(3,4)5/h8,10-12,14-15,22,27-28H,6-7H2,1-5H3. The van der Waals surface area contributed by atoms with Crippen molar-refractivity contribution in [1.82, 2.24) is 0 Å². The second-order valence-electron chi connectivity index (χ2n) is 8.19. The number of benzene rings is 2. The maximum atomic E-state index is 10.2. The lowest BCUT2D eigenvalue weighted by molar-refractivity contribution is 0.114. The molecule has 150 valence electrons. The molecule has 0 aliphatic heterocycles. The second kappa shape index (κ2) is 8.91. The molecule has 0 bridgehead atoms. The van der Waals surface area contributed by atoms with Gasteiger partial charge in [0, 0.05) is 11.0 Å². The lowest BCUT2D eigenvalue weighted by atomic mass is 9.70. The molecule has 0 amide bonds. The zero-order chi connectivity index (χ0) is 21.1. The molecule has 2 aromatic rings. The summed E-state index contributed by atoms with van der Waals surface area (Å²) in [5, 5.41) is 20.6. The normalized spacial score (nSPS) is 13.0. The second-order valence-corrected chi connectivity index (χ2v) is 9.45. The summed E-state index contributed by atoms with van der Waals surface area (Å²) < 4.78 is 0.682. The Balaban J connectivity index is 2.49. The van der Waals surface area contributed by atoms with Gasteiger partial charge in [-0.2, -0.15) is 0 Å². The Labute approximate surface area is 182 Å². The van der Waals surface area contributed by atoms with Crippen molar-refractivity contribution in [3.63, 3.8) is 0 Å². The fourth-order valence-electron chi connectivity index (χ4n) is 3.31. The van der Waals surface area contributed by atoms with Crippen LogP contribution in [-0.2, 0) is 5.41 Å². The van der Waals surface area contributed by atoms with E-state index < -0.39 is 6.10 Å². The summed E-state index contributed by atoms with van der Waals surface area (Å²) in [5.74, 6) is 6.14. The van der Waals surface area contributed by atoms with Crippen LogP contribution < -0.4 is 0 Å². The monoisotopic (exact) mass is 462 g/mol. The highest BCUT2D eigenvalue weighted by atomic mass is 79.9. The third-order valence-electron chi connectivity index (χ3n) is 5.39. The van der Waals surface area contributed by atoms with Gasteiger partial charge in [0.15, 0.2) is 0 Å². The molecule has 0 fully saturated rings.